The number of hydrogen-bond acceptors (Lipinski definition) is 4. The monoisotopic (exact) mass is 232 g/mol. The Bertz CT molecular complexity index is 329. The van der Waals surface area contributed by atoms with Gasteiger partial charge < -0.3 is 9.84 Å². The summed E-state index contributed by atoms with van der Waals surface area (Å²) in [5.74, 6) is -0.499. The molecule has 0 bridgehead atoms. The molecule has 0 radical (unpaired) electrons. The van der Waals surface area contributed by atoms with E-state index in [4.69, 9.17) is 16.3 Å². The standard InChI is InChI=1S/C10H13ClO4/c1-9-6(2-3-11)7(13)4-10(9,5-12)8(14)15-9/h6,12H,2-5H2,1H3. The molecular formula is C10H13ClO4. The van der Waals surface area contributed by atoms with Gasteiger partial charge >= 0.3 is 5.97 Å². The van der Waals surface area contributed by atoms with Gasteiger partial charge in [-0.05, 0) is 13.3 Å². The predicted octanol–water partition coefficient (Wildman–Crippen LogP) is 0.498. The Hall–Kier alpha value is -0.610. The van der Waals surface area contributed by atoms with E-state index in [0.29, 0.717) is 12.3 Å². The van der Waals surface area contributed by atoms with Crippen LogP contribution in [0.25, 0.3) is 0 Å². The van der Waals surface area contributed by atoms with Gasteiger partial charge in [-0.3, -0.25) is 9.59 Å². The molecule has 1 N–H and O–H groups in total. The van der Waals surface area contributed by atoms with Crippen LogP contribution < -0.4 is 0 Å². The molecule has 0 amide bonds. The van der Waals surface area contributed by atoms with Crippen molar-refractivity contribution in [2.45, 2.75) is 25.4 Å². The quantitative estimate of drug-likeness (QED) is 0.569. The van der Waals surface area contributed by atoms with E-state index in [1.165, 1.54) is 0 Å². The second kappa shape index (κ2) is 3.19. The minimum Gasteiger partial charge on any atom is -0.457 e. The molecule has 3 atom stereocenters. The van der Waals surface area contributed by atoms with Gasteiger partial charge in [-0.15, -0.1) is 11.6 Å². The maximum absolute atomic E-state index is 11.7. The highest BCUT2D eigenvalue weighted by molar-refractivity contribution is 6.18. The lowest BCUT2D eigenvalue weighted by Gasteiger charge is -2.51. The number of rotatable bonds is 3. The molecule has 84 valence electrons. The van der Waals surface area contributed by atoms with Crippen LogP contribution >= 0.6 is 11.6 Å². The summed E-state index contributed by atoms with van der Waals surface area (Å²) in [6, 6.07) is 0. The van der Waals surface area contributed by atoms with Gasteiger partial charge in [-0.25, -0.2) is 0 Å². The molecule has 1 aliphatic heterocycles. The van der Waals surface area contributed by atoms with Crippen molar-refractivity contribution in [1.82, 2.24) is 0 Å². The minimum atomic E-state index is -0.999. The fourth-order valence-corrected chi connectivity index (χ4v) is 2.97. The van der Waals surface area contributed by atoms with Gasteiger partial charge in [-0.1, -0.05) is 0 Å². The van der Waals surface area contributed by atoms with Crippen LogP contribution in [0, 0.1) is 11.3 Å². The Balaban J connectivity index is 2.34. The van der Waals surface area contributed by atoms with Crippen molar-refractivity contribution in [1.29, 1.82) is 0 Å². The zero-order chi connectivity index (χ0) is 11.3. The van der Waals surface area contributed by atoms with Crippen LogP contribution in [0.15, 0.2) is 0 Å². The van der Waals surface area contributed by atoms with Crippen molar-refractivity contribution in [3.05, 3.63) is 0 Å². The topological polar surface area (TPSA) is 63.6 Å². The van der Waals surface area contributed by atoms with E-state index in [0.717, 1.165) is 0 Å². The van der Waals surface area contributed by atoms with Crippen molar-refractivity contribution in [2.75, 3.05) is 12.5 Å². The van der Waals surface area contributed by atoms with Crippen molar-refractivity contribution in [3.8, 4) is 0 Å². The third-order valence-corrected chi connectivity index (χ3v) is 4.06. The minimum absolute atomic E-state index is 0.0296. The fourth-order valence-electron chi connectivity index (χ4n) is 2.75. The summed E-state index contributed by atoms with van der Waals surface area (Å²) in [6.45, 7) is 1.39. The molecule has 0 aromatic carbocycles. The summed E-state index contributed by atoms with van der Waals surface area (Å²) in [5.41, 5.74) is -1.84. The molecule has 0 spiro atoms. The van der Waals surface area contributed by atoms with Crippen LogP contribution in [0.3, 0.4) is 0 Å². The van der Waals surface area contributed by atoms with Crippen molar-refractivity contribution >= 4 is 23.4 Å². The summed E-state index contributed by atoms with van der Waals surface area (Å²) in [7, 11) is 0. The highest BCUT2D eigenvalue weighted by Gasteiger charge is 2.75. The number of hydrogen-bond donors (Lipinski definition) is 1. The first-order valence-electron chi connectivity index (χ1n) is 4.95. The van der Waals surface area contributed by atoms with Crippen LogP contribution in [-0.4, -0.2) is 34.9 Å². The number of alkyl halides is 1. The van der Waals surface area contributed by atoms with Gasteiger partial charge in [0.05, 0.1) is 12.5 Å². The van der Waals surface area contributed by atoms with Crippen molar-refractivity contribution in [2.24, 2.45) is 11.3 Å². The maximum atomic E-state index is 11.7. The summed E-state index contributed by atoms with van der Waals surface area (Å²) >= 11 is 5.62. The summed E-state index contributed by atoms with van der Waals surface area (Å²) in [5, 5.41) is 9.30. The van der Waals surface area contributed by atoms with Gasteiger partial charge in [0.15, 0.2) is 0 Å². The second-order valence-electron chi connectivity index (χ2n) is 4.41. The molecule has 4 nitrogen and oxygen atoms in total. The molecule has 1 saturated carbocycles. The summed E-state index contributed by atoms with van der Waals surface area (Å²) in [4.78, 5) is 23.1. The van der Waals surface area contributed by atoms with E-state index in [-0.39, 0.29) is 24.7 Å². The van der Waals surface area contributed by atoms with E-state index in [2.05, 4.69) is 0 Å². The van der Waals surface area contributed by atoms with Crippen LogP contribution in [0.2, 0.25) is 0 Å². The molecule has 5 heteroatoms. The first-order chi connectivity index (χ1) is 7.02. The predicted molar refractivity (Wildman–Crippen MR) is 52.5 cm³/mol. The molecular weight excluding hydrogens is 220 g/mol. The first-order valence-corrected chi connectivity index (χ1v) is 5.48. The van der Waals surface area contributed by atoms with Crippen molar-refractivity contribution < 1.29 is 19.4 Å². The largest absolute Gasteiger partial charge is 0.457 e. The molecule has 3 unspecified atom stereocenters. The average molecular weight is 233 g/mol. The SMILES string of the molecule is CC12OC(=O)C1(CO)CC(=O)C2CCCl. The number of ether oxygens (including phenoxy) is 1. The molecule has 1 heterocycles. The number of ketones is 1. The number of fused-ring (bicyclic) bond motifs is 1. The fraction of sp³-hybridized carbons (Fsp3) is 0.800. The van der Waals surface area contributed by atoms with Crippen molar-refractivity contribution in [3.63, 3.8) is 0 Å². The lowest BCUT2D eigenvalue weighted by atomic mass is 9.67. The smallest absolute Gasteiger partial charge is 0.319 e. The van der Waals surface area contributed by atoms with Gasteiger partial charge in [0.25, 0.3) is 0 Å². The molecule has 2 aliphatic rings. The molecule has 1 saturated heterocycles. The van der Waals surface area contributed by atoms with Crippen LogP contribution in [0.4, 0.5) is 0 Å². The molecule has 0 aromatic heterocycles. The van der Waals surface area contributed by atoms with E-state index >= 15 is 0 Å². The number of carbonyl (C=O) groups is 2. The zero-order valence-electron chi connectivity index (χ0n) is 8.46. The summed E-state index contributed by atoms with van der Waals surface area (Å²) in [6.07, 6.45) is 0.576. The Kier molecular flexibility index (Phi) is 2.32. The average Bonchev–Trinajstić information content (AvgIpc) is 2.36. The Labute approximate surface area is 92.5 Å². The Morgan fingerprint density at radius 2 is 2.27 bits per heavy atom. The van der Waals surface area contributed by atoms with Gasteiger partial charge in [0, 0.05) is 12.3 Å². The third-order valence-electron chi connectivity index (χ3n) is 3.84. The molecule has 15 heavy (non-hydrogen) atoms. The number of carbonyl (C=O) groups excluding carboxylic acids is 2. The lowest BCUT2D eigenvalue weighted by Crippen LogP contribution is -2.66. The third kappa shape index (κ3) is 1.06. The number of Topliss-reactive ketones (excluding diaryl/α,β-unsaturated/α-hetero) is 1. The highest BCUT2D eigenvalue weighted by atomic mass is 35.5. The number of halogens is 1. The number of aliphatic hydroxyl groups is 1. The van der Waals surface area contributed by atoms with Crippen LogP contribution in [0.1, 0.15) is 19.8 Å². The Morgan fingerprint density at radius 1 is 1.60 bits per heavy atom. The van der Waals surface area contributed by atoms with Gasteiger partial charge in [0.2, 0.25) is 0 Å². The molecule has 2 rings (SSSR count). The lowest BCUT2D eigenvalue weighted by molar-refractivity contribution is -0.245. The number of esters is 1. The number of aliphatic hydroxyl groups excluding tert-OH is 1. The second-order valence-corrected chi connectivity index (χ2v) is 4.79. The van der Waals surface area contributed by atoms with E-state index in [1.54, 1.807) is 6.92 Å². The molecule has 2 fully saturated rings. The van der Waals surface area contributed by atoms with E-state index in [9.17, 15) is 14.7 Å². The normalized spacial score (nSPS) is 43.5. The van der Waals surface area contributed by atoms with Gasteiger partial charge in [-0.2, -0.15) is 0 Å². The van der Waals surface area contributed by atoms with E-state index < -0.39 is 17.0 Å². The maximum Gasteiger partial charge on any atom is 0.319 e. The molecule has 1 aliphatic carbocycles. The Morgan fingerprint density at radius 3 is 2.67 bits per heavy atom. The highest BCUT2D eigenvalue weighted by Crippen LogP contribution is 2.59. The molecule has 0 aromatic rings. The van der Waals surface area contributed by atoms with Crippen LogP contribution in [-0.2, 0) is 14.3 Å². The zero-order valence-corrected chi connectivity index (χ0v) is 9.21. The van der Waals surface area contributed by atoms with Gasteiger partial charge in [0.1, 0.15) is 16.8 Å². The van der Waals surface area contributed by atoms with Crippen LogP contribution in [0.5, 0.6) is 0 Å². The summed E-state index contributed by atoms with van der Waals surface area (Å²) < 4.78 is 5.10. The first kappa shape index (κ1) is 10.9. The van der Waals surface area contributed by atoms with E-state index in [1.807, 2.05) is 0 Å².